The lowest BCUT2D eigenvalue weighted by molar-refractivity contribution is 0.106. The van der Waals surface area contributed by atoms with Gasteiger partial charge in [0.1, 0.15) is 5.71 Å². The van der Waals surface area contributed by atoms with Crippen molar-refractivity contribution < 1.29 is 10.0 Å². The van der Waals surface area contributed by atoms with Gasteiger partial charge in [0.05, 0.1) is 0 Å². The normalized spacial score (nSPS) is 17.5. The van der Waals surface area contributed by atoms with Crippen LogP contribution in [-0.4, -0.2) is 23.0 Å². The smallest absolute Gasteiger partial charge is 0.211 e. The van der Waals surface area contributed by atoms with E-state index < -0.39 is 0 Å². The number of ketones is 1. The topological polar surface area (TPSA) is 49.7 Å². The molecule has 0 aliphatic heterocycles. The Balaban J connectivity index is 2.49. The van der Waals surface area contributed by atoms with E-state index in [1.807, 2.05) is 18.4 Å². The van der Waals surface area contributed by atoms with Gasteiger partial charge in [0, 0.05) is 16.9 Å². The number of hydrogen-bond acceptors (Lipinski definition) is 4. The molecule has 0 bridgehead atoms. The van der Waals surface area contributed by atoms with Crippen molar-refractivity contribution in [1.82, 2.24) is 0 Å². The highest BCUT2D eigenvalue weighted by atomic mass is 32.2. The molecule has 14 heavy (non-hydrogen) atoms. The zero-order valence-corrected chi connectivity index (χ0v) is 8.47. The van der Waals surface area contributed by atoms with E-state index in [9.17, 15) is 4.79 Å². The number of carbonyl (C=O) groups excluding carboxylic acids is 1. The molecule has 0 saturated carbocycles. The lowest BCUT2D eigenvalue weighted by atomic mass is 10.1. The molecule has 1 N–H and O–H groups in total. The van der Waals surface area contributed by atoms with Crippen LogP contribution < -0.4 is 0 Å². The summed E-state index contributed by atoms with van der Waals surface area (Å²) in [5.74, 6) is -0.157. The molecule has 72 valence electrons. The third-order valence-electron chi connectivity index (χ3n) is 2.30. The number of fused-ring (bicyclic) bond motifs is 1. The monoisotopic (exact) mass is 207 g/mol. The molecule has 0 radical (unpaired) electrons. The van der Waals surface area contributed by atoms with Crippen LogP contribution in [0.5, 0.6) is 0 Å². The minimum atomic E-state index is -0.157. The fourth-order valence-corrected chi connectivity index (χ4v) is 2.03. The standard InChI is InChI=1S/C10H9NO2S/c1-14-7-2-3-8-6(4-7)5-9(11-13)10(8)12/h2-4,13H,5H2,1H3. The molecule has 3 nitrogen and oxygen atoms in total. The first-order chi connectivity index (χ1) is 6.76. The summed E-state index contributed by atoms with van der Waals surface area (Å²) in [5.41, 5.74) is 1.85. The van der Waals surface area contributed by atoms with Gasteiger partial charge in [-0.1, -0.05) is 5.16 Å². The first kappa shape index (κ1) is 9.27. The molecule has 0 amide bonds. The van der Waals surface area contributed by atoms with E-state index in [2.05, 4.69) is 5.16 Å². The summed E-state index contributed by atoms with van der Waals surface area (Å²) in [6.45, 7) is 0. The predicted octanol–water partition coefficient (Wildman–Crippen LogP) is 1.98. The van der Waals surface area contributed by atoms with E-state index in [-0.39, 0.29) is 11.5 Å². The van der Waals surface area contributed by atoms with Gasteiger partial charge in [-0.15, -0.1) is 11.8 Å². The third kappa shape index (κ3) is 1.32. The van der Waals surface area contributed by atoms with Gasteiger partial charge in [-0.2, -0.15) is 0 Å². The molecule has 0 spiro atoms. The summed E-state index contributed by atoms with van der Waals surface area (Å²) in [6, 6.07) is 5.67. The molecule has 1 aliphatic carbocycles. The highest BCUT2D eigenvalue weighted by molar-refractivity contribution is 7.98. The summed E-state index contributed by atoms with van der Waals surface area (Å²) in [5, 5.41) is 11.6. The van der Waals surface area contributed by atoms with Crippen molar-refractivity contribution in [2.45, 2.75) is 11.3 Å². The van der Waals surface area contributed by atoms with Crippen molar-refractivity contribution in [3.63, 3.8) is 0 Å². The van der Waals surface area contributed by atoms with E-state index >= 15 is 0 Å². The first-order valence-corrected chi connectivity index (χ1v) is 5.41. The quantitative estimate of drug-likeness (QED) is 0.435. The van der Waals surface area contributed by atoms with Crippen molar-refractivity contribution in [1.29, 1.82) is 0 Å². The maximum Gasteiger partial charge on any atom is 0.211 e. The van der Waals surface area contributed by atoms with Gasteiger partial charge in [0.15, 0.2) is 0 Å². The lowest BCUT2D eigenvalue weighted by Crippen LogP contribution is -2.06. The van der Waals surface area contributed by atoms with E-state index in [4.69, 9.17) is 5.21 Å². The molecule has 0 aromatic heterocycles. The maximum absolute atomic E-state index is 11.5. The summed E-state index contributed by atoms with van der Waals surface area (Å²) in [4.78, 5) is 12.7. The van der Waals surface area contributed by atoms with E-state index in [0.29, 0.717) is 12.0 Å². The van der Waals surface area contributed by atoms with Crippen LogP contribution in [0.4, 0.5) is 0 Å². The zero-order valence-electron chi connectivity index (χ0n) is 7.65. The predicted molar refractivity (Wildman–Crippen MR) is 55.5 cm³/mol. The second-order valence-electron chi connectivity index (χ2n) is 3.08. The number of nitrogens with zero attached hydrogens (tertiary/aromatic N) is 1. The van der Waals surface area contributed by atoms with Crippen molar-refractivity contribution in [3.8, 4) is 0 Å². The Kier molecular flexibility index (Phi) is 2.29. The SMILES string of the molecule is CSc1ccc2c(c1)CC(=NO)C2=O. The summed E-state index contributed by atoms with van der Waals surface area (Å²) < 4.78 is 0. The molecule has 0 fully saturated rings. The number of rotatable bonds is 1. The van der Waals surface area contributed by atoms with Crippen molar-refractivity contribution in [2.24, 2.45) is 5.16 Å². The highest BCUT2D eigenvalue weighted by Gasteiger charge is 2.26. The molecule has 0 heterocycles. The van der Waals surface area contributed by atoms with Gasteiger partial charge < -0.3 is 5.21 Å². The lowest BCUT2D eigenvalue weighted by Gasteiger charge is -1.99. The molecular weight excluding hydrogens is 198 g/mol. The average molecular weight is 207 g/mol. The van der Waals surface area contributed by atoms with Gasteiger partial charge >= 0.3 is 0 Å². The Morgan fingerprint density at radius 3 is 2.93 bits per heavy atom. The Bertz CT molecular complexity index is 426. The summed E-state index contributed by atoms with van der Waals surface area (Å²) in [7, 11) is 0. The number of hydrogen-bond donors (Lipinski definition) is 1. The fourth-order valence-electron chi connectivity index (χ4n) is 1.56. The minimum absolute atomic E-state index is 0.157. The van der Waals surface area contributed by atoms with E-state index in [1.165, 1.54) is 0 Å². The minimum Gasteiger partial charge on any atom is -0.411 e. The fraction of sp³-hybridized carbons (Fsp3) is 0.200. The Morgan fingerprint density at radius 1 is 1.50 bits per heavy atom. The molecule has 1 aromatic rings. The maximum atomic E-state index is 11.5. The van der Waals surface area contributed by atoms with Gasteiger partial charge in [0.2, 0.25) is 5.78 Å². The molecular formula is C10H9NO2S. The van der Waals surface area contributed by atoms with Crippen LogP contribution in [-0.2, 0) is 6.42 Å². The molecule has 2 rings (SSSR count). The van der Waals surface area contributed by atoms with Crippen LogP contribution in [0.25, 0.3) is 0 Å². The van der Waals surface area contributed by atoms with Gasteiger partial charge in [-0.25, -0.2) is 0 Å². The molecule has 4 heteroatoms. The molecule has 0 saturated heterocycles. The second-order valence-corrected chi connectivity index (χ2v) is 3.96. The number of thioether (sulfide) groups is 1. The number of benzene rings is 1. The van der Waals surface area contributed by atoms with Crippen LogP contribution in [0.15, 0.2) is 28.3 Å². The van der Waals surface area contributed by atoms with Crippen LogP contribution in [0.2, 0.25) is 0 Å². The average Bonchev–Trinajstić information content (AvgIpc) is 2.55. The van der Waals surface area contributed by atoms with Crippen LogP contribution in [0.3, 0.4) is 0 Å². The largest absolute Gasteiger partial charge is 0.411 e. The number of carbonyl (C=O) groups is 1. The Labute approximate surface area is 85.8 Å². The van der Waals surface area contributed by atoms with E-state index in [0.717, 1.165) is 10.5 Å². The van der Waals surface area contributed by atoms with Gasteiger partial charge in [0.25, 0.3) is 0 Å². The van der Waals surface area contributed by atoms with Crippen LogP contribution >= 0.6 is 11.8 Å². The third-order valence-corrected chi connectivity index (χ3v) is 3.02. The molecule has 0 unspecified atom stereocenters. The molecule has 1 aliphatic rings. The Morgan fingerprint density at radius 2 is 2.29 bits per heavy atom. The van der Waals surface area contributed by atoms with Crippen molar-refractivity contribution in [3.05, 3.63) is 29.3 Å². The van der Waals surface area contributed by atoms with Crippen molar-refractivity contribution in [2.75, 3.05) is 6.26 Å². The first-order valence-electron chi connectivity index (χ1n) is 4.19. The number of Topliss-reactive ketones (excluding diaryl/α,β-unsaturated/α-hetero) is 1. The van der Waals surface area contributed by atoms with Crippen LogP contribution in [0, 0.1) is 0 Å². The zero-order chi connectivity index (χ0) is 10.1. The summed E-state index contributed by atoms with van der Waals surface area (Å²) in [6.07, 6.45) is 2.43. The highest BCUT2D eigenvalue weighted by Crippen LogP contribution is 2.25. The number of oxime groups is 1. The molecule has 1 aromatic carbocycles. The van der Waals surface area contributed by atoms with Crippen LogP contribution in [0.1, 0.15) is 15.9 Å². The van der Waals surface area contributed by atoms with Gasteiger partial charge in [-0.3, -0.25) is 4.79 Å². The summed E-state index contributed by atoms with van der Waals surface area (Å²) >= 11 is 1.63. The Hall–Kier alpha value is -1.29. The van der Waals surface area contributed by atoms with Crippen molar-refractivity contribution >= 4 is 23.3 Å². The second kappa shape index (κ2) is 3.46. The van der Waals surface area contributed by atoms with Gasteiger partial charge in [-0.05, 0) is 30.0 Å². The molecule has 0 atom stereocenters. The van der Waals surface area contributed by atoms with E-state index in [1.54, 1.807) is 17.8 Å².